The zero-order valence-electron chi connectivity index (χ0n) is 14.8. The van der Waals surface area contributed by atoms with Gasteiger partial charge in [-0.25, -0.2) is 4.98 Å². The molecule has 8 heteroatoms. The minimum atomic E-state index is -0.393. The molecule has 27 heavy (non-hydrogen) atoms. The summed E-state index contributed by atoms with van der Waals surface area (Å²) in [5.41, 5.74) is 2.10. The molecule has 0 bridgehead atoms. The molecular weight excluding hydrogens is 364 g/mol. The van der Waals surface area contributed by atoms with Crippen LogP contribution >= 0.6 is 11.3 Å². The maximum Gasteiger partial charge on any atom is 0.295 e. The zero-order valence-corrected chi connectivity index (χ0v) is 15.6. The van der Waals surface area contributed by atoms with Gasteiger partial charge in [-0.05, 0) is 24.4 Å². The van der Waals surface area contributed by atoms with Gasteiger partial charge >= 0.3 is 0 Å². The molecule has 1 amide bonds. The van der Waals surface area contributed by atoms with Gasteiger partial charge in [0, 0.05) is 49.0 Å². The van der Waals surface area contributed by atoms with Crippen molar-refractivity contribution >= 4 is 39.5 Å². The van der Waals surface area contributed by atoms with Crippen molar-refractivity contribution in [1.82, 2.24) is 9.88 Å². The fourth-order valence-corrected chi connectivity index (χ4v) is 4.15. The number of hydrogen-bond acceptors (Lipinski definition) is 6. The summed E-state index contributed by atoms with van der Waals surface area (Å²) in [5, 5.41) is 14.0. The number of non-ortho nitro benzene ring substituents is 1. The number of aromatic nitrogens is 1. The number of nitrogens with zero attached hydrogens (tertiary/aromatic N) is 4. The number of carbonyl (C=O) groups excluding carboxylic acids is 1. The molecule has 1 saturated heterocycles. The van der Waals surface area contributed by atoms with Crippen molar-refractivity contribution in [2.24, 2.45) is 0 Å². The van der Waals surface area contributed by atoms with Crippen molar-refractivity contribution in [2.75, 3.05) is 31.1 Å². The van der Waals surface area contributed by atoms with E-state index < -0.39 is 4.92 Å². The van der Waals surface area contributed by atoms with Crippen LogP contribution in [0.15, 0.2) is 41.8 Å². The van der Waals surface area contributed by atoms with E-state index in [1.165, 1.54) is 17.4 Å². The van der Waals surface area contributed by atoms with Crippen LogP contribution in [-0.4, -0.2) is 46.9 Å². The third-order valence-corrected chi connectivity index (χ3v) is 5.62. The fourth-order valence-electron chi connectivity index (χ4n) is 3.46. The molecule has 138 valence electrons. The van der Waals surface area contributed by atoms with Gasteiger partial charge in [0.05, 0.1) is 9.80 Å². The Bertz CT molecular complexity index is 1010. The predicted molar refractivity (Wildman–Crippen MR) is 106 cm³/mol. The Morgan fingerprint density at radius 2 is 1.96 bits per heavy atom. The third kappa shape index (κ3) is 3.23. The molecule has 3 aromatic rings. The molecule has 1 aliphatic heterocycles. The van der Waals surface area contributed by atoms with Gasteiger partial charge in [0.25, 0.3) is 11.6 Å². The average Bonchev–Trinajstić information content (AvgIpc) is 3.21. The smallest absolute Gasteiger partial charge is 0.295 e. The zero-order chi connectivity index (χ0) is 19.0. The number of piperazine rings is 1. The molecule has 0 N–H and O–H groups in total. The number of nitro groups is 1. The predicted octanol–water partition coefficient (Wildman–Crippen LogP) is 3.48. The van der Waals surface area contributed by atoms with Gasteiger partial charge in [0.2, 0.25) is 0 Å². The average molecular weight is 382 g/mol. The number of benzene rings is 1. The second kappa shape index (κ2) is 6.96. The van der Waals surface area contributed by atoms with Gasteiger partial charge in [-0.1, -0.05) is 18.2 Å². The molecule has 1 fully saturated rings. The van der Waals surface area contributed by atoms with E-state index in [-0.39, 0.29) is 11.6 Å². The Morgan fingerprint density at radius 1 is 1.19 bits per heavy atom. The van der Waals surface area contributed by atoms with E-state index in [2.05, 4.69) is 9.88 Å². The SMILES string of the molecule is Cc1cc(N2CCN(C(=O)c3cccs3)CC2)c2cccc([N+](=O)[O-])c2n1. The monoisotopic (exact) mass is 382 g/mol. The molecule has 0 spiro atoms. The molecule has 0 radical (unpaired) electrons. The molecular formula is C19H18N4O3S. The number of aryl methyl sites for hydroxylation is 1. The highest BCUT2D eigenvalue weighted by Gasteiger charge is 2.25. The standard InChI is InChI=1S/C19H18N4O3S/c1-13-12-16(14-4-2-5-15(23(25)26)18(14)20-13)21-7-9-22(10-8-21)19(24)17-6-3-11-27-17/h2-6,11-12H,7-10H2,1H3. The normalized spacial score (nSPS) is 14.6. The minimum absolute atomic E-state index is 0.0176. The van der Waals surface area contributed by atoms with E-state index in [0.717, 1.165) is 21.6 Å². The Labute approximate surface area is 160 Å². The van der Waals surface area contributed by atoms with Crippen molar-refractivity contribution in [3.63, 3.8) is 0 Å². The second-order valence-corrected chi connectivity index (χ2v) is 7.42. The van der Waals surface area contributed by atoms with Crippen LogP contribution in [0.4, 0.5) is 11.4 Å². The highest BCUT2D eigenvalue weighted by molar-refractivity contribution is 7.12. The van der Waals surface area contributed by atoms with Gasteiger partial charge in [0.1, 0.15) is 0 Å². The van der Waals surface area contributed by atoms with Crippen LogP contribution in [0.1, 0.15) is 15.4 Å². The molecule has 0 atom stereocenters. The van der Waals surface area contributed by atoms with Crippen molar-refractivity contribution in [2.45, 2.75) is 6.92 Å². The lowest BCUT2D eigenvalue weighted by molar-refractivity contribution is -0.383. The Hall–Kier alpha value is -3.00. The van der Waals surface area contributed by atoms with Crippen molar-refractivity contribution in [3.8, 4) is 0 Å². The first-order valence-corrected chi connectivity index (χ1v) is 9.55. The first-order valence-electron chi connectivity index (χ1n) is 8.67. The number of thiophene rings is 1. The summed E-state index contributed by atoms with van der Waals surface area (Å²) in [7, 11) is 0. The first-order chi connectivity index (χ1) is 13.0. The number of pyridine rings is 1. The summed E-state index contributed by atoms with van der Waals surface area (Å²) in [6.07, 6.45) is 0. The van der Waals surface area contributed by atoms with Gasteiger partial charge < -0.3 is 9.80 Å². The lowest BCUT2D eigenvalue weighted by Crippen LogP contribution is -2.48. The number of hydrogen-bond donors (Lipinski definition) is 0. The van der Waals surface area contributed by atoms with E-state index in [4.69, 9.17) is 0 Å². The third-order valence-electron chi connectivity index (χ3n) is 4.76. The number of para-hydroxylation sites is 1. The number of fused-ring (bicyclic) bond motifs is 1. The highest BCUT2D eigenvalue weighted by Crippen LogP contribution is 2.32. The largest absolute Gasteiger partial charge is 0.367 e. The molecule has 7 nitrogen and oxygen atoms in total. The first kappa shape index (κ1) is 17.4. The maximum absolute atomic E-state index is 12.5. The Kier molecular flexibility index (Phi) is 4.49. The van der Waals surface area contributed by atoms with E-state index >= 15 is 0 Å². The van der Waals surface area contributed by atoms with E-state index in [0.29, 0.717) is 31.7 Å². The van der Waals surface area contributed by atoms with Gasteiger partial charge in [-0.3, -0.25) is 14.9 Å². The van der Waals surface area contributed by atoms with Crippen molar-refractivity contribution in [1.29, 1.82) is 0 Å². The number of rotatable bonds is 3. The summed E-state index contributed by atoms with van der Waals surface area (Å²) in [4.78, 5) is 32.7. The lowest BCUT2D eigenvalue weighted by Gasteiger charge is -2.36. The van der Waals surface area contributed by atoms with E-state index in [1.807, 2.05) is 41.5 Å². The quantitative estimate of drug-likeness (QED) is 0.512. The van der Waals surface area contributed by atoms with Crippen LogP contribution in [-0.2, 0) is 0 Å². The second-order valence-electron chi connectivity index (χ2n) is 6.47. The van der Waals surface area contributed by atoms with Crippen LogP contribution in [0.3, 0.4) is 0 Å². The van der Waals surface area contributed by atoms with Gasteiger partial charge in [0.15, 0.2) is 5.52 Å². The summed E-state index contributed by atoms with van der Waals surface area (Å²) in [6, 6.07) is 10.7. The topological polar surface area (TPSA) is 79.6 Å². The van der Waals surface area contributed by atoms with E-state index in [9.17, 15) is 14.9 Å². The summed E-state index contributed by atoms with van der Waals surface area (Å²) >= 11 is 1.45. The van der Waals surface area contributed by atoms with Crippen LogP contribution < -0.4 is 4.90 Å². The summed E-state index contributed by atoms with van der Waals surface area (Å²) in [5.74, 6) is 0.0658. The maximum atomic E-state index is 12.5. The fraction of sp³-hybridized carbons (Fsp3) is 0.263. The molecule has 2 aromatic heterocycles. The summed E-state index contributed by atoms with van der Waals surface area (Å²) < 4.78 is 0. The van der Waals surface area contributed by atoms with Crippen LogP contribution in [0.5, 0.6) is 0 Å². The minimum Gasteiger partial charge on any atom is -0.367 e. The number of anilines is 1. The number of nitro benzene ring substituents is 1. The van der Waals surface area contributed by atoms with Gasteiger partial charge in [-0.15, -0.1) is 11.3 Å². The number of amides is 1. The Morgan fingerprint density at radius 3 is 2.63 bits per heavy atom. The molecule has 0 aliphatic carbocycles. The van der Waals surface area contributed by atoms with E-state index in [1.54, 1.807) is 6.07 Å². The Balaban J connectivity index is 1.62. The van der Waals surface area contributed by atoms with Crippen molar-refractivity contribution in [3.05, 3.63) is 62.5 Å². The highest BCUT2D eigenvalue weighted by atomic mass is 32.1. The molecule has 1 aliphatic rings. The molecule has 0 unspecified atom stereocenters. The van der Waals surface area contributed by atoms with Crippen LogP contribution in [0.2, 0.25) is 0 Å². The summed E-state index contributed by atoms with van der Waals surface area (Å²) in [6.45, 7) is 4.44. The lowest BCUT2D eigenvalue weighted by atomic mass is 10.1. The van der Waals surface area contributed by atoms with Crippen LogP contribution in [0, 0.1) is 17.0 Å². The van der Waals surface area contributed by atoms with Crippen LogP contribution in [0.25, 0.3) is 10.9 Å². The van der Waals surface area contributed by atoms with Gasteiger partial charge in [-0.2, -0.15) is 0 Å². The number of carbonyl (C=O) groups is 1. The molecule has 0 saturated carbocycles. The molecule has 3 heterocycles. The molecule has 4 rings (SSSR count). The molecule has 1 aromatic carbocycles. The van der Waals surface area contributed by atoms with Crippen molar-refractivity contribution < 1.29 is 9.72 Å².